The largest absolute Gasteiger partial charge is 0.369 e. The number of hydrogen-bond donors (Lipinski definition) is 0. The number of fused-ring (bicyclic) bond motifs is 2. The third-order valence-corrected chi connectivity index (χ3v) is 8.35. The molecule has 2 aromatic carbocycles. The van der Waals surface area contributed by atoms with Gasteiger partial charge in [-0.05, 0) is 49.5 Å². The fraction of sp³-hybridized carbons (Fsp3) is 0.444. The lowest BCUT2D eigenvalue weighted by molar-refractivity contribution is -0.152. The van der Waals surface area contributed by atoms with Gasteiger partial charge in [0, 0.05) is 28.4 Å². The summed E-state index contributed by atoms with van der Waals surface area (Å²) < 4.78 is 6.73. The van der Waals surface area contributed by atoms with Gasteiger partial charge in [0.2, 0.25) is 0 Å². The Morgan fingerprint density at radius 1 is 1.00 bits per heavy atom. The van der Waals surface area contributed by atoms with Gasteiger partial charge < -0.3 is 4.74 Å². The van der Waals surface area contributed by atoms with Gasteiger partial charge in [-0.3, -0.25) is 4.79 Å². The highest BCUT2D eigenvalue weighted by Crippen LogP contribution is 2.56. The number of carbonyl (C=O) groups excluding carboxylic acids is 1. The molecule has 4 rings (SSSR count). The first-order valence-corrected chi connectivity index (χ1v) is 11.9. The third-order valence-electron chi connectivity index (χ3n) is 7.05. The molecule has 2 atom stereocenters. The first-order chi connectivity index (χ1) is 14.4. The maximum atomic E-state index is 13.0. The molecule has 0 radical (unpaired) electrons. The third kappa shape index (κ3) is 4.15. The number of benzene rings is 2. The summed E-state index contributed by atoms with van der Waals surface area (Å²) in [7, 11) is 0. The van der Waals surface area contributed by atoms with E-state index in [-0.39, 0.29) is 5.41 Å². The zero-order valence-corrected chi connectivity index (χ0v) is 19.1. The second kappa shape index (κ2) is 8.72. The van der Waals surface area contributed by atoms with Crippen LogP contribution in [0.25, 0.3) is 0 Å². The summed E-state index contributed by atoms with van der Waals surface area (Å²) in [6.07, 6.45) is 3.98. The molecule has 158 valence electrons. The molecule has 2 aromatic rings. The molecule has 3 heteroatoms. The van der Waals surface area contributed by atoms with Crippen molar-refractivity contribution in [3.8, 4) is 0 Å². The molecule has 0 spiro atoms. The Kier molecular flexibility index (Phi) is 6.22. The second-order valence-electron chi connectivity index (χ2n) is 9.26. The van der Waals surface area contributed by atoms with E-state index < -0.39 is 5.60 Å². The number of ether oxygens (including phenoxy) is 1. The molecule has 2 nitrogen and oxygen atoms in total. The monoisotopic (exact) mass is 420 g/mol. The number of carbonyl (C=O) groups is 1. The summed E-state index contributed by atoms with van der Waals surface area (Å²) in [6.45, 7) is 7.47. The highest BCUT2D eigenvalue weighted by Gasteiger charge is 2.54. The Labute approximate surface area is 185 Å². The number of Topliss-reactive ketones (excluding diaryl/α,β-unsaturated/α-hetero) is 1. The summed E-state index contributed by atoms with van der Waals surface area (Å²) in [5.41, 5.74) is 3.53. The van der Waals surface area contributed by atoms with Gasteiger partial charge in [0.15, 0.2) is 0 Å². The molecule has 2 aliphatic rings. The van der Waals surface area contributed by atoms with E-state index in [9.17, 15) is 4.79 Å². The molecule has 30 heavy (non-hydrogen) atoms. The van der Waals surface area contributed by atoms with Crippen LogP contribution in [-0.4, -0.2) is 16.6 Å². The molecule has 0 amide bonds. The lowest BCUT2D eigenvalue weighted by atomic mass is 9.58. The van der Waals surface area contributed by atoms with Gasteiger partial charge in [-0.2, -0.15) is 0 Å². The summed E-state index contributed by atoms with van der Waals surface area (Å²) >= 11 is 1.91. The fourth-order valence-corrected chi connectivity index (χ4v) is 6.82. The van der Waals surface area contributed by atoms with Gasteiger partial charge in [0.25, 0.3) is 0 Å². The van der Waals surface area contributed by atoms with Crippen molar-refractivity contribution in [2.24, 2.45) is 5.41 Å². The van der Waals surface area contributed by atoms with Crippen molar-refractivity contribution in [2.45, 2.75) is 75.2 Å². The van der Waals surface area contributed by atoms with Crippen LogP contribution in [0.2, 0.25) is 0 Å². The molecule has 0 heterocycles. The van der Waals surface area contributed by atoms with Crippen molar-refractivity contribution in [2.75, 3.05) is 0 Å². The summed E-state index contributed by atoms with van der Waals surface area (Å²) in [5.74, 6) is 0.341. The van der Waals surface area contributed by atoms with E-state index in [1.807, 2.05) is 30.0 Å². The van der Waals surface area contributed by atoms with Crippen molar-refractivity contribution in [1.29, 1.82) is 0 Å². The smallest absolute Gasteiger partial charge is 0.135 e. The Bertz CT molecular complexity index is 916. The number of ketones is 1. The molecule has 0 aliphatic heterocycles. The molecule has 2 unspecified atom stereocenters. The van der Waals surface area contributed by atoms with E-state index in [0.29, 0.717) is 30.5 Å². The molecule has 0 saturated heterocycles. The minimum atomic E-state index is -0.440. The van der Waals surface area contributed by atoms with Gasteiger partial charge >= 0.3 is 0 Å². The minimum absolute atomic E-state index is 0.188. The Morgan fingerprint density at radius 3 is 2.37 bits per heavy atom. The van der Waals surface area contributed by atoms with E-state index in [1.54, 1.807) is 0 Å². The number of thioether (sulfide) groups is 1. The number of allylic oxidation sites excluding steroid dienone is 1. The van der Waals surface area contributed by atoms with Crippen molar-refractivity contribution in [1.82, 2.24) is 0 Å². The lowest BCUT2D eigenvalue weighted by Crippen LogP contribution is -2.54. The topological polar surface area (TPSA) is 26.3 Å². The van der Waals surface area contributed by atoms with Crippen LogP contribution in [0.4, 0.5) is 0 Å². The molecular formula is C27H32O2S. The van der Waals surface area contributed by atoms with Gasteiger partial charge in [-0.25, -0.2) is 0 Å². The Morgan fingerprint density at radius 2 is 1.67 bits per heavy atom. The van der Waals surface area contributed by atoms with E-state index in [1.165, 1.54) is 21.6 Å². The van der Waals surface area contributed by atoms with Gasteiger partial charge in [0.1, 0.15) is 5.78 Å². The predicted molar refractivity (Wildman–Crippen MR) is 125 cm³/mol. The van der Waals surface area contributed by atoms with Crippen molar-refractivity contribution in [3.63, 3.8) is 0 Å². The zero-order valence-electron chi connectivity index (χ0n) is 18.3. The quantitative estimate of drug-likeness (QED) is 0.488. The standard InChI is InChI=1S/C27H32O2S/c1-20-16-17-27(29-19-21-10-6-4-7-11-21)18-22(28)14-15-24(25(20)26(27,2)3)30-23-12-8-5-9-13-23/h4-13,24H,14-19H2,1-3H3. The number of hydrogen-bond acceptors (Lipinski definition) is 3. The summed E-state index contributed by atoms with van der Waals surface area (Å²) in [5, 5.41) is 0.312. The van der Waals surface area contributed by atoms with Crippen LogP contribution in [0.5, 0.6) is 0 Å². The van der Waals surface area contributed by atoms with Gasteiger partial charge in [-0.1, -0.05) is 68.0 Å². The molecular weight excluding hydrogens is 388 g/mol. The van der Waals surface area contributed by atoms with Crippen LogP contribution < -0.4 is 0 Å². The van der Waals surface area contributed by atoms with Crippen LogP contribution in [0.3, 0.4) is 0 Å². The van der Waals surface area contributed by atoms with Crippen LogP contribution >= 0.6 is 11.8 Å². The summed E-state index contributed by atoms with van der Waals surface area (Å²) in [6, 6.07) is 20.9. The van der Waals surface area contributed by atoms with E-state index >= 15 is 0 Å². The first kappa shape index (κ1) is 21.4. The highest BCUT2D eigenvalue weighted by molar-refractivity contribution is 8.00. The second-order valence-corrected chi connectivity index (χ2v) is 10.5. The average Bonchev–Trinajstić information content (AvgIpc) is 2.74. The highest BCUT2D eigenvalue weighted by atomic mass is 32.2. The molecule has 1 saturated carbocycles. The predicted octanol–water partition coefficient (Wildman–Crippen LogP) is 6.99. The minimum Gasteiger partial charge on any atom is -0.369 e. The van der Waals surface area contributed by atoms with Crippen LogP contribution in [0.15, 0.2) is 76.7 Å². The van der Waals surface area contributed by atoms with Crippen molar-refractivity contribution < 1.29 is 9.53 Å². The van der Waals surface area contributed by atoms with Crippen LogP contribution in [0, 0.1) is 5.41 Å². The Hall–Kier alpha value is -1.84. The number of rotatable bonds is 5. The van der Waals surface area contributed by atoms with Crippen LogP contribution in [0.1, 0.15) is 58.4 Å². The lowest BCUT2D eigenvalue weighted by Gasteiger charge is -2.54. The maximum Gasteiger partial charge on any atom is 0.135 e. The Balaban J connectivity index is 1.69. The average molecular weight is 421 g/mol. The van der Waals surface area contributed by atoms with E-state index in [2.05, 4.69) is 63.2 Å². The fourth-order valence-electron chi connectivity index (χ4n) is 5.33. The van der Waals surface area contributed by atoms with Crippen LogP contribution in [-0.2, 0) is 16.1 Å². The normalized spacial score (nSPS) is 26.2. The maximum absolute atomic E-state index is 13.0. The van der Waals surface area contributed by atoms with Crippen molar-refractivity contribution in [3.05, 3.63) is 77.4 Å². The van der Waals surface area contributed by atoms with E-state index in [4.69, 9.17) is 4.74 Å². The molecule has 2 aliphatic carbocycles. The molecule has 0 N–H and O–H groups in total. The van der Waals surface area contributed by atoms with Gasteiger partial charge in [0.05, 0.1) is 12.2 Å². The molecule has 2 bridgehead atoms. The SMILES string of the molecule is CC1=C2C(Sc3ccccc3)CCC(=O)CC(OCc3ccccc3)(CC1)C2(C)C. The zero-order chi connectivity index (χ0) is 21.2. The molecule has 0 aromatic heterocycles. The van der Waals surface area contributed by atoms with Crippen molar-refractivity contribution >= 4 is 17.5 Å². The van der Waals surface area contributed by atoms with Gasteiger partial charge in [-0.15, -0.1) is 11.8 Å². The molecule has 1 fully saturated rings. The van der Waals surface area contributed by atoms with E-state index in [0.717, 1.165) is 19.3 Å². The summed E-state index contributed by atoms with van der Waals surface area (Å²) in [4.78, 5) is 14.3. The first-order valence-electron chi connectivity index (χ1n) is 11.0.